The van der Waals surface area contributed by atoms with Crippen molar-refractivity contribution < 1.29 is 9.84 Å². The van der Waals surface area contributed by atoms with Gasteiger partial charge in [0.05, 0.1) is 42.5 Å². The van der Waals surface area contributed by atoms with Crippen molar-refractivity contribution in [2.75, 3.05) is 0 Å². The van der Waals surface area contributed by atoms with Crippen LogP contribution in [0.15, 0.2) is 12.4 Å². The molecule has 6 nitrogen and oxygen atoms in total. The first-order valence-electron chi connectivity index (χ1n) is 3.67. The van der Waals surface area contributed by atoms with Gasteiger partial charge >= 0.3 is 0 Å². The van der Waals surface area contributed by atoms with Crippen LogP contribution in [0.2, 0.25) is 0 Å². The predicted octanol–water partition coefficient (Wildman–Crippen LogP) is 1.04. The van der Waals surface area contributed by atoms with Gasteiger partial charge in [-0.1, -0.05) is 0 Å². The Labute approximate surface area is 87.8 Å². The van der Waals surface area contributed by atoms with Gasteiger partial charge in [0.2, 0.25) is 6.29 Å². The van der Waals surface area contributed by atoms with Crippen molar-refractivity contribution in [2.24, 2.45) is 0 Å². The molecule has 1 unspecified atom stereocenters. The van der Waals surface area contributed by atoms with Crippen LogP contribution >= 0.6 is 23.5 Å². The average molecular weight is 229 g/mol. The molecular weight excluding hydrogens is 224 g/mol. The Balaban J connectivity index is 1.87. The summed E-state index contributed by atoms with van der Waals surface area (Å²) in [6.45, 7) is 0.155. The SMILES string of the molecule is [O]C(OCc1cnsn1)c1cnsn1. The second-order valence-electron chi connectivity index (χ2n) is 2.37. The molecule has 2 heterocycles. The highest BCUT2D eigenvalue weighted by Crippen LogP contribution is 2.14. The third-order valence-electron chi connectivity index (χ3n) is 1.41. The molecular formula is C6H5N4O2S2. The lowest BCUT2D eigenvalue weighted by molar-refractivity contribution is -0.154. The first-order chi connectivity index (χ1) is 6.86. The van der Waals surface area contributed by atoms with Crippen molar-refractivity contribution in [3.8, 4) is 0 Å². The van der Waals surface area contributed by atoms with Crippen molar-refractivity contribution in [1.29, 1.82) is 0 Å². The van der Waals surface area contributed by atoms with E-state index in [2.05, 4.69) is 17.5 Å². The van der Waals surface area contributed by atoms with E-state index in [1.165, 1.54) is 6.20 Å². The fraction of sp³-hybridized carbons (Fsp3) is 0.333. The van der Waals surface area contributed by atoms with E-state index in [1.807, 2.05) is 0 Å². The largest absolute Gasteiger partial charge is 0.338 e. The molecule has 2 rings (SSSR count). The Kier molecular flexibility index (Phi) is 3.09. The Morgan fingerprint density at radius 3 is 2.71 bits per heavy atom. The maximum Gasteiger partial charge on any atom is 0.237 e. The fourth-order valence-electron chi connectivity index (χ4n) is 0.770. The molecule has 0 bridgehead atoms. The number of hydrogen-bond acceptors (Lipinski definition) is 7. The summed E-state index contributed by atoms with van der Waals surface area (Å²) in [5.41, 5.74) is 0.956. The molecule has 73 valence electrons. The van der Waals surface area contributed by atoms with Crippen molar-refractivity contribution in [1.82, 2.24) is 17.5 Å². The van der Waals surface area contributed by atoms with E-state index in [0.29, 0.717) is 11.4 Å². The van der Waals surface area contributed by atoms with E-state index < -0.39 is 6.29 Å². The molecule has 0 amide bonds. The molecule has 0 aliphatic heterocycles. The highest BCUT2D eigenvalue weighted by Gasteiger charge is 2.13. The zero-order chi connectivity index (χ0) is 9.80. The summed E-state index contributed by atoms with van der Waals surface area (Å²) in [7, 11) is 0. The van der Waals surface area contributed by atoms with Gasteiger partial charge in [0.1, 0.15) is 11.4 Å². The Morgan fingerprint density at radius 1 is 1.29 bits per heavy atom. The molecule has 0 aliphatic rings. The Morgan fingerprint density at radius 2 is 2.07 bits per heavy atom. The third kappa shape index (κ3) is 2.29. The maximum absolute atomic E-state index is 11.3. The first kappa shape index (κ1) is 9.59. The van der Waals surface area contributed by atoms with E-state index in [-0.39, 0.29) is 6.61 Å². The molecule has 8 heteroatoms. The summed E-state index contributed by atoms with van der Waals surface area (Å²) in [5.74, 6) is 0. The van der Waals surface area contributed by atoms with Crippen LogP contribution < -0.4 is 0 Å². The molecule has 2 aromatic heterocycles. The lowest BCUT2D eigenvalue weighted by Gasteiger charge is -2.03. The lowest BCUT2D eigenvalue weighted by atomic mass is 10.4. The monoisotopic (exact) mass is 229 g/mol. The molecule has 1 atom stereocenters. The number of rotatable bonds is 4. The third-order valence-corrected chi connectivity index (χ3v) is 2.42. The van der Waals surface area contributed by atoms with Gasteiger partial charge in [-0.3, -0.25) is 0 Å². The quantitative estimate of drug-likeness (QED) is 0.731. The van der Waals surface area contributed by atoms with Crippen LogP contribution in [-0.2, 0) is 16.5 Å². The molecule has 0 saturated heterocycles. The number of nitrogens with zero attached hydrogens (tertiary/aromatic N) is 4. The van der Waals surface area contributed by atoms with Crippen LogP contribution in [0, 0.1) is 0 Å². The van der Waals surface area contributed by atoms with Crippen molar-refractivity contribution in [3.05, 3.63) is 23.8 Å². The molecule has 0 aliphatic carbocycles. The molecule has 0 spiro atoms. The summed E-state index contributed by atoms with van der Waals surface area (Å²) in [6.07, 6.45) is 1.67. The minimum absolute atomic E-state index is 0.155. The Bertz CT molecular complexity index is 363. The second-order valence-corrected chi connectivity index (χ2v) is 3.49. The zero-order valence-electron chi connectivity index (χ0n) is 6.86. The van der Waals surface area contributed by atoms with Crippen LogP contribution in [0.25, 0.3) is 0 Å². The highest BCUT2D eigenvalue weighted by molar-refractivity contribution is 6.99. The van der Waals surface area contributed by atoms with E-state index in [4.69, 9.17) is 4.74 Å². The van der Waals surface area contributed by atoms with Crippen molar-refractivity contribution in [2.45, 2.75) is 12.9 Å². The summed E-state index contributed by atoms with van der Waals surface area (Å²) in [5, 5.41) is 11.3. The van der Waals surface area contributed by atoms with Gasteiger partial charge in [0.25, 0.3) is 0 Å². The fourth-order valence-corrected chi connectivity index (χ4v) is 1.62. The maximum atomic E-state index is 11.3. The standard InChI is InChI=1S/C6H5N4O2S2/c11-6(5-2-8-14-10-5)12-3-4-1-7-13-9-4/h1-2,6H,3H2. The zero-order valence-corrected chi connectivity index (χ0v) is 8.49. The van der Waals surface area contributed by atoms with Gasteiger partial charge in [0, 0.05) is 0 Å². The van der Waals surface area contributed by atoms with Gasteiger partial charge in [-0.05, 0) is 0 Å². The molecule has 0 aromatic carbocycles. The minimum Gasteiger partial charge on any atom is -0.338 e. The topological polar surface area (TPSA) is 80.7 Å². The van der Waals surface area contributed by atoms with Gasteiger partial charge in [0.15, 0.2) is 0 Å². The molecule has 0 saturated carbocycles. The van der Waals surface area contributed by atoms with E-state index >= 15 is 0 Å². The van der Waals surface area contributed by atoms with Crippen LogP contribution in [0.4, 0.5) is 0 Å². The molecule has 2 aromatic rings. The van der Waals surface area contributed by atoms with E-state index in [1.54, 1.807) is 6.20 Å². The van der Waals surface area contributed by atoms with Gasteiger partial charge in [-0.15, -0.1) is 0 Å². The molecule has 14 heavy (non-hydrogen) atoms. The van der Waals surface area contributed by atoms with Gasteiger partial charge in [-0.25, -0.2) is 0 Å². The van der Waals surface area contributed by atoms with Gasteiger partial charge in [-0.2, -0.15) is 22.6 Å². The number of aromatic nitrogens is 4. The van der Waals surface area contributed by atoms with Crippen LogP contribution in [0.5, 0.6) is 0 Å². The Hall–Kier alpha value is -0.960. The number of ether oxygens (including phenoxy) is 1. The summed E-state index contributed by atoms with van der Waals surface area (Å²) in [6, 6.07) is 0. The lowest BCUT2D eigenvalue weighted by Crippen LogP contribution is -2.02. The van der Waals surface area contributed by atoms with Crippen LogP contribution in [0.1, 0.15) is 17.7 Å². The predicted molar refractivity (Wildman–Crippen MR) is 48.0 cm³/mol. The summed E-state index contributed by atoms with van der Waals surface area (Å²) >= 11 is 2.07. The molecule has 1 radical (unpaired) electrons. The van der Waals surface area contributed by atoms with Crippen molar-refractivity contribution in [3.63, 3.8) is 0 Å². The minimum atomic E-state index is -1.30. The van der Waals surface area contributed by atoms with Gasteiger partial charge < -0.3 is 4.74 Å². The van der Waals surface area contributed by atoms with Crippen molar-refractivity contribution >= 4 is 23.5 Å². The normalized spacial score (nSPS) is 12.9. The van der Waals surface area contributed by atoms with Crippen LogP contribution in [-0.4, -0.2) is 17.5 Å². The average Bonchev–Trinajstić information content (AvgIpc) is 2.87. The smallest absolute Gasteiger partial charge is 0.237 e. The summed E-state index contributed by atoms with van der Waals surface area (Å²) in [4.78, 5) is 0. The molecule has 0 N–H and O–H groups in total. The summed E-state index contributed by atoms with van der Waals surface area (Å²) < 4.78 is 20.2. The van der Waals surface area contributed by atoms with Crippen LogP contribution in [0.3, 0.4) is 0 Å². The molecule has 0 fully saturated rings. The number of hydrogen-bond donors (Lipinski definition) is 0. The highest BCUT2D eigenvalue weighted by atomic mass is 32.1. The first-order valence-corrected chi connectivity index (χ1v) is 5.13. The second kappa shape index (κ2) is 4.51. The van der Waals surface area contributed by atoms with E-state index in [9.17, 15) is 5.11 Å². The van der Waals surface area contributed by atoms with E-state index in [0.717, 1.165) is 23.5 Å².